The van der Waals surface area contributed by atoms with Crippen molar-refractivity contribution in [3.8, 4) is 0 Å². The number of hydrogen-bond donors (Lipinski definition) is 1. The Bertz CT molecular complexity index is 669. The smallest absolute Gasteiger partial charge is 0.239 e. The van der Waals surface area contributed by atoms with Crippen LogP contribution in [0, 0.1) is 5.41 Å². The van der Waals surface area contributed by atoms with Crippen LogP contribution in [-0.4, -0.2) is 35.1 Å². The molecule has 1 aromatic carbocycles. The van der Waals surface area contributed by atoms with Gasteiger partial charge in [-0.3, -0.25) is 9.69 Å². The van der Waals surface area contributed by atoms with Crippen molar-refractivity contribution >= 4 is 46.4 Å². The van der Waals surface area contributed by atoms with E-state index in [1.54, 1.807) is 0 Å². The molecule has 0 aromatic heterocycles. The first-order valence-corrected chi connectivity index (χ1v) is 8.49. The molecule has 2 heterocycles. The van der Waals surface area contributed by atoms with E-state index in [2.05, 4.69) is 10.2 Å². The molecule has 5 nitrogen and oxygen atoms in total. The van der Waals surface area contributed by atoms with E-state index in [1.165, 1.54) is 0 Å². The number of hydrogen-bond acceptors (Lipinski definition) is 4. The van der Waals surface area contributed by atoms with E-state index in [1.807, 2.05) is 43.0 Å². The Morgan fingerprint density at radius 2 is 1.96 bits per heavy atom. The molecule has 7 heteroatoms. The highest BCUT2D eigenvalue weighted by Crippen LogP contribution is 2.35. The molecule has 0 aliphatic carbocycles. The molecule has 1 amide bonds. The van der Waals surface area contributed by atoms with Crippen molar-refractivity contribution in [3.63, 3.8) is 0 Å². The van der Waals surface area contributed by atoms with Crippen LogP contribution < -0.4 is 10.2 Å². The summed E-state index contributed by atoms with van der Waals surface area (Å²) in [4.78, 5) is 21.2. The topological polar surface area (TPSA) is 47.9 Å². The van der Waals surface area contributed by atoms with Gasteiger partial charge in [-0.1, -0.05) is 25.4 Å². The second kappa shape index (κ2) is 6.09. The maximum atomic E-state index is 12.5. The summed E-state index contributed by atoms with van der Waals surface area (Å²) in [5.41, 5.74) is 0.435. The van der Waals surface area contributed by atoms with Crippen LogP contribution in [-0.2, 0) is 4.79 Å². The van der Waals surface area contributed by atoms with E-state index in [4.69, 9.17) is 28.8 Å². The molecule has 0 atom stereocenters. The lowest BCUT2D eigenvalue weighted by Crippen LogP contribution is -2.66. The van der Waals surface area contributed by atoms with Gasteiger partial charge in [0.05, 0.1) is 0 Å². The van der Waals surface area contributed by atoms with Gasteiger partial charge in [-0.05, 0) is 49.3 Å². The van der Waals surface area contributed by atoms with Gasteiger partial charge in [0.1, 0.15) is 24.6 Å². The van der Waals surface area contributed by atoms with Gasteiger partial charge in [0.15, 0.2) is 5.11 Å². The fraction of sp³-hybridized carbons (Fsp3) is 0.438. The Labute approximate surface area is 146 Å². The Balaban J connectivity index is 1.95. The van der Waals surface area contributed by atoms with Crippen LogP contribution in [0.5, 0.6) is 0 Å². The number of benzene rings is 1. The molecule has 0 radical (unpaired) electrons. The molecule has 1 N–H and O–H groups in total. The number of amidine groups is 1. The summed E-state index contributed by atoms with van der Waals surface area (Å²) in [7, 11) is 0. The Kier molecular flexibility index (Phi) is 4.29. The molecular weight excluding hydrogens is 332 g/mol. The average Bonchev–Trinajstić information content (AvgIpc) is 2.56. The second-order valence-electron chi connectivity index (χ2n) is 5.76. The fourth-order valence-corrected chi connectivity index (χ4v) is 3.54. The number of carbonyl (C=O) groups is 1. The normalized spacial score (nSPS) is 20.0. The lowest BCUT2D eigenvalue weighted by Gasteiger charge is -2.47. The zero-order chi connectivity index (χ0) is 16.6. The lowest BCUT2D eigenvalue weighted by molar-refractivity contribution is -0.127. The number of thiocarbonyl (C=S) groups is 1. The molecule has 122 valence electrons. The fourth-order valence-electron chi connectivity index (χ4n) is 3.18. The predicted octanol–water partition coefficient (Wildman–Crippen LogP) is 3.00. The monoisotopic (exact) mass is 350 g/mol. The van der Waals surface area contributed by atoms with Crippen LogP contribution in [0.15, 0.2) is 29.3 Å². The van der Waals surface area contributed by atoms with Gasteiger partial charge >= 0.3 is 0 Å². The van der Waals surface area contributed by atoms with Gasteiger partial charge < -0.3 is 10.2 Å². The minimum Gasteiger partial charge on any atom is -0.334 e. The third-order valence-electron chi connectivity index (χ3n) is 4.69. The van der Waals surface area contributed by atoms with Gasteiger partial charge in [-0.2, -0.15) is 0 Å². The SMILES string of the molecule is CCC1(CC)C(=O)NC(=S)N2CN(c3ccc(Cl)cc3)CN=C21. The number of nitrogens with one attached hydrogen (secondary N) is 1. The standard InChI is InChI=1S/C16H19ClN4OS/c1-3-16(4-2)13-18-9-20(12-7-5-11(17)6-8-12)10-21(13)15(23)19-14(16)22/h5-8H,3-4,9-10H2,1-2H3,(H,19,22,23). The van der Waals surface area contributed by atoms with E-state index in [9.17, 15) is 4.79 Å². The number of carbonyl (C=O) groups excluding carboxylic acids is 1. The van der Waals surface area contributed by atoms with E-state index in [-0.39, 0.29) is 5.91 Å². The second-order valence-corrected chi connectivity index (χ2v) is 6.58. The van der Waals surface area contributed by atoms with Gasteiger partial charge in [0, 0.05) is 10.7 Å². The first-order chi connectivity index (χ1) is 11.0. The number of amides is 1. The molecule has 2 aliphatic rings. The molecule has 1 aromatic rings. The summed E-state index contributed by atoms with van der Waals surface area (Å²) in [6.07, 6.45) is 1.41. The molecule has 0 unspecified atom stereocenters. The quantitative estimate of drug-likeness (QED) is 0.851. The van der Waals surface area contributed by atoms with Crippen molar-refractivity contribution in [2.45, 2.75) is 26.7 Å². The minimum absolute atomic E-state index is 0.0394. The number of halogens is 1. The number of rotatable bonds is 3. The highest BCUT2D eigenvalue weighted by Gasteiger charge is 2.49. The summed E-state index contributed by atoms with van der Waals surface area (Å²) in [5, 5.41) is 3.96. The number of fused-ring (bicyclic) bond motifs is 1. The average molecular weight is 351 g/mol. The van der Waals surface area contributed by atoms with Crippen LogP contribution in [0.2, 0.25) is 5.02 Å². The molecule has 1 saturated heterocycles. The molecule has 0 bridgehead atoms. The third-order valence-corrected chi connectivity index (χ3v) is 5.26. The van der Waals surface area contributed by atoms with Crippen LogP contribution in [0.3, 0.4) is 0 Å². The van der Waals surface area contributed by atoms with Crippen LogP contribution >= 0.6 is 23.8 Å². The maximum Gasteiger partial charge on any atom is 0.239 e. The number of aliphatic imine (C=N–C) groups is 1. The van der Waals surface area contributed by atoms with E-state index < -0.39 is 5.41 Å². The third kappa shape index (κ3) is 2.60. The first-order valence-electron chi connectivity index (χ1n) is 7.70. The molecule has 23 heavy (non-hydrogen) atoms. The zero-order valence-electron chi connectivity index (χ0n) is 13.2. The summed E-state index contributed by atoms with van der Waals surface area (Å²) in [6, 6.07) is 7.63. The van der Waals surface area contributed by atoms with Crippen molar-refractivity contribution in [3.05, 3.63) is 29.3 Å². The summed E-state index contributed by atoms with van der Waals surface area (Å²) >= 11 is 11.3. The molecule has 0 saturated carbocycles. The molecular formula is C16H19ClN4OS. The molecule has 0 spiro atoms. The number of nitrogens with zero attached hydrogens (tertiary/aromatic N) is 3. The van der Waals surface area contributed by atoms with Crippen molar-refractivity contribution in [1.82, 2.24) is 10.2 Å². The van der Waals surface area contributed by atoms with Crippen LogP contribution in [0.1, 0.15) is 26.7 Å². The van der Waals surface area contributed by atoms with Gasteiger partial charge in [0.25, 0.3) is 0 Å². The van der Waals surface area contributed by atoms with Crippen LogP contribution in [0.25, 0.3) is 0 Å². The van der Waals surface area contributed by atoms with Crippen LogP contribution in [0.4, 0.5) is 5.69 Å². The molecule has 2 aliphatic heterocycles. The maximum absolute atomic E-state index is 12.5. The van der Waals surface area contributed by atoms with Crippen molar-refractivity contribution in [2.75, 3.05) is 18.2 Å². The summed E-state index contributed by atoms with van der Waals surface area (Å²) < 4.78 is 0. The Morgan fingerprint density at radius 3 is 2.57 bits per heavy atom. The highest BCUT2D eigenvalue weighted by molar-refractivity contribution is 7.80. The van der Waals surface area contributed by atoms with Crippen molar-refractivity contribution in [1.29, 1.82) is 0 Å². The van der Waals surface area contributed by atoms with Gasteiger partial charge in [-0.15, -0.1) is 0 Å². The molecule has 3 rings (SSSR count). The van der Waals surface area contributed by atoms with Crippen molar-refractivity contribution in [2.24, 2.45) is 10.4 Å². The number of anilines is 1. The largest absolute Gasteiger partial charge is 0.334 e. The Morgan fingerprint density at radius 1 is 1.30 bits per heavy atom. The van der Waals surface area contributed by atoms with Gasteiger partial charge in [-0.25, -0.2) is 4.99 Å². The summed E-state index contributed by atoms with van der Waals surface area (Å²) in [6.45, 7) is 5.11. The van der Waals surface area contributed by atoms with Crippen molar-refractivity contribution < 1.29 is 4.79 Å². The van der Waals surface area contributed by atoms with Gasteiger partial charge in [0.2, 0.25) is 5.91 Å². The Hall–Kier alpha value is -1.66. The van der Waals surface area contributed by atoms with E-state index in [0.717, 1.165) is 11.5 Å². The minimum atomic E-state index is -0.589. The molecule has 1 fully saturated rings. The van der Waals surface area contributed by atoms with E-state index in [0.29, 0.717) is 36.3 Å². The predicted molar refractivity (Wildman–Crippen MR) is 96.7 cm³/mol. The summed E-state index contributed by atoms with van der Waals surface area (Å²) in [5.74, 6) is 0.754. The van der Waals surface area contributed by atoms with E-state index >= 15 is 0 Å². The highest BCUT2D eigenvalue weighted by atomic mass is 35.5. The zero-order valence-corrected chi connectivity index (χ0v) is 14.7. The lowest BCUT2D eigenvalue weighted by atomic mass is 9.78. The first kappa shape index (κ1) is 16.2.